The van der Waals surface area contributed by atoms with Crippen molar-refractivity contribution >= 4 is 17.8 Å². The highest BCUT2D eigenvalue weighted by atomic mass is 16.5. The molecule has 2 rings (SSSR count). The number of ether oxygens (including phenoxy) is 1. The van der Waals surface area contributed by atoms with Crippen LogP contribution in [0.2, 0.25) is 0 Å². The van der Waals surface area contributed by atoms with Crippen LogP contribution >= 0.6 is 0 Å². The van der Waals surface area contributed by atoms with E-state index in [2.05, 4.69) is 30.9 Å². The fourth-order valence-corrected chi connectivity index (χ4v) is 3.30. The number of carboxylic acids is 2. The molecule has 1 aliphatic heterocycles. The van der Waals surface area contributed by atoms with Crippen LogP contribution in [0.5, 0.6) is 5.75 Å². The van der Waals surface area contributed by atoms with Gasteiger partial charge in [0.2, 0.25) is 5.91 Å². The Labute approximate surface area is 172 Å². The van der Waals surface area contributed by atoms with Gasteiger partial charge < -0.3 is 19.8 Å². The molecule has 162 valence electrons. The van der Waals surface area contributed by atoms with Crippen LogP contribution in [-0.2, 0) is 20.9 Å². The minimum Gasteiger partial charge on any atom is -0.494 e. The van der Waals surface area contributed by atoms with E-state index in [0.717, 1.165) is 51.3 Å². The van der Waals surface area contributed by atoms with Crippen LogP contribution < -0.4 is 4.74 Å². The molecule has 1 aromatic carbocycles. The van der Waals surface area contributed by atoms with E-state index in [9.17, 15) is 4.79 Å². The number of amides is 1. The minimum atomic E-state index is -1.82. The van der Waals surface area contributed by atoms with E-state index in [0.29, 0.717) is 12.5 Å². The van der Waals surface area contributed by atoms with Crippen molar-refractivity contribution in [1.29, 1.82) is 0 Å². The van der Waals surface area contributed by atoms with Crippen LogP contribution in [0.25, 0.3) is 0 Å². The average molecular weight is 408 g/mol. The van der Waals surface area contributed by atoms with Crippen molar-refractivity contribution in [3.63, 3.8) is 0 Å². The van der Waals surface area contributed by atoms with Gasteiger partial charge in [-0.1, -0.05) is 18.2 Å². The molecule has 0 spiro atoms. The highest BCUT2D eigenvalue weighted by Crippen LogP contribution is 2.24. The number of benzene rings is 1. The molecule has 2 N–H and O–H groups in total. The Morgan fingerprint density at radius 3 is 2.07 bits per heavy atom. The number of carbonyl (C=O) groups is 3. The molecule has 0 aliphatic carbocycles. The van der Waals surface area contributed by atoms with E-state index < -0.39 is 11.9 Å². The van der Waals surface area contributed by atoms with Crippen LogP contribution in [0.4, 0.5) is 0 Å². The van der Waals surface area contributed by atoms with Crippen LogP contribution in [0.3, 0.4) is 0 Å². The zero-order valence-electron chi connectivity index (χ0n) is 17.5. The van der Waals surface area contributed by atoms with Gasteiger partial charge in [-0.15, -0.1) is 0 Å². The van der Waals surface area contributed by atoms with Gasteiger partial charge in [-0.05, 0) is 52.8 Å². The fraction of sp³-hybridized carbons (Fsp3) is 0.571. The third kappa shape index (κ3) is 8.11. The van der Waals surface area contributed by atoms with E-state index in [1.807, 2.05) is 24.0 Å². The van der Waals surface area contributed by atoms with Gasteiger partial charge in [0.15, 0.2) is 0 Å². The number of rotatable bonds is 7. The van der Waals surface area contributed by atoms with Crippen LogP contribution in [0.15, 0.2) is 24.3 Å². The first kappa shape index (κ1) is 24.4. The van der Waals surface area contributed by atoms with Gasteiger partial charge in [-0.25, -0.2) is 9.59 Å². The highest BCUT2D eigenvalue weighted by molar-refractivity contribution is 6.27. The number of piperidine rings is 1. The number of carbonyl (C=O) groups excluding carboxylic acids is 1. The van der Waals surface area contributed by atoms with Crippen molar-refractivity contribution in [2.24, 2.45) is 5.92 Å². The molecule has 1 amide bonds. The second-order valence-electron chi connectivity index (χ2n) is 6.71. The van der Waals surface area contributed by atoms with E-state index in [-0.39, 0.29) is 5.92 Å². The van der Waals surface area contributed by atoms with Crippen molar-refractivity contribution in [3.8, 4) is 5.75 Å². The third-order valence-electron chi connectivity index (χ3n) is 4.86. The minimum absolute atomic E-state index is 0.202. The summed E-state index contributed by atoms with van der Waals surface area (Å²) in [5.74, 6) is -2.13. The molecule has 1 aliphatic rings. The monoisotopic (exact) mass is 408 g/mol. The van der Waals surface area contributed by atoms with Gasteiger partial charge in [0.25, 0.3) is 0 Å². The summed E-state index contributed by atoms with van der Waals surface area (Å²) in [4.78, 5) is 35.0. The molecule has 0 atom stereocenters. The van der Waals surface area contributed by atoms with Crippen LogP contribution in [0.1, 0.15) is 39.2 Å². The van der Waals surface area contributed by atoms with Crippen molar-refractivity contribution in [2.45, 2.75) is 40.2 Å². The van der Waals surface area contributed by atoms with Gasteiger partial charge in [0.05, 0.1) is 6.61 Å². The van der Waals surface area contributed by atoms with Crippen molar-refractivity contribution in [2.75, 3.05) is 32.8 Å². The van der Waals surface area contributed by atoms with Crippen LogP contribution in [-0.4, -0.2) is 70.6 Å². The summed E-state index contributed by atoms with van der Waals surface area (Å²) >= 11 is 0. The zero-order valence-corrected chi connectivity index (χ0v) is 17.5. The molecule has 8 nitrogen and oxygen atoms in total. The molecule has 29 heavy (non-hydrogen) atoms. The number of para-hydroxylation sites is 1. The second kappa shape index (κ2) is 12.8. The Hall–Kier alpha value is -2.61. The SMILES string of the molecule is CCOc1ccccc1CN1CCC(C(=O)N(CC)CC)CC1.O=C(O)C(=O)O. The predicted molar refractivity (Wildman–Crippen MR) is 109 cm³/mol. The Morgan fingerprint density at radius 2 is 1.59 bits per heavy atom. The van der Waals surface area contributed by atoms with Gasteiger partial charge in [-0.3, -0.25) is 9.69 Å². The van der Waals surface area contributed by atoms with Gasteiger partial charge in [0.1, 0.15) is 5.75 Å². The molecule has 0 radical (unpaired) electrons. The highest BCUT2D eigenvalue weighted by Gasteiger charge is 2.27. The topological polar surface area (TPSA) is 107 Å². The Morgan fingerprint density at radius 1 is 1.03 bits per heavy atom. The summed E-state index contributed by atoms with van der Waals surface area (Å²) < 4.78 is 5.71. The molecule has 1 aromatic rings. The van der Waals surface area contributed by atoms with Crippen LogP contribution in [0, 0.1) is 5.92 Å². The summed E-state index contributed by atoms with van der Waals surface area (Å²) in [7, 11) is 0. The number of nitrogens with zero attached hydrogens (tertiary/aromatic N) is 2. The lowest BCUT2D eigenvalue weighted by atomic mass is 9.95. The summed E-state index contributed by atoms with van der Waals surface area (Å²) in [6.45, 7) is 11.3. The first-order chi connectivity index (χ1) is 13.8. The maximum Gasteiger partial charge on any atom is 0.414 e. The van der Waals surface area contributed by atoms with E-state index in [1.54, 1.807) is 0 Å². The third-order valence-corrected chi connectivity index (χ3v) is 4.86. The smallest absolute Gasteiger partial charge is 0.414 e. The quantitative estimate of drug-likeness (QED) is 0.667. The summed E-state index contributed by atoms with van der Waals surface area (Å²) in [6, 6.07) is 8.26. The Balaban J connectivity index is 0.000000612. The van der Waals surface area contributed by atoms with Crippen molar-refractivity contribution in [3.05, 3.63) is 29.8 Å². The Kier molecular flexibility index (Phi) is 10.8. The number of hydrogen-bond acceptors (Lipinski definition) is 5. The molecule has 1 heterocycles. The molecule has 0 aromatic heterocycles. The molecule has 8 heteroatoms. The average Bonchev–Trinajstić information content (AvgIpc) is 2.71. The molecule has 0 saturated carbocycles. The van der Waals surface area contributed by atoms with E-state index in [1.165, 1.54) is 5.56 Å². The standard InChI is InChI=1S/C19H30N2O2.C2H2O4/c1-4-21(5-2)19(22)16-11-13-20(14-12-16)15-17-9-7-8-10-18(17)23-6-3;3-1(4)2(5)6/h7-10,16H,4-6,11-15H2,1-3H3;(H,3,4)(H,5,6). The fourth-order valence-electron chi connectivity index (χ4n) is 3.30. The number of likely N-dealkylation sites (tertiary alicyclic amines) is 1. The number of aliphatic carboxylic acids is 2. The summed E-state index contributed by atoms with van der Waals surface area (Å²) in [5, 5.41) is 14.8. The lowest BCUT2D eigenvalue weighted by Gasteiger charge is -2.34. The van der Waals surface area contributed by atoms with E-state index in [4.69, 9.17) is 24.5 Å². The number of carboxylic acid groups (broad SMARTS) is 2. The van der Waals surface area contributed by atoms with Gasteiger partial charge in [0, 0.05) is 31.1 Å². The lowest BCUT2D eigenvalue weighted by Crippen LogP contribution is -2.42. The number of hydrogen-bond donors (Lipinski definition) is 2. The molecule has 1 fully saturated rings. The molecule has 0 unspecified atom stereocenters. The summed E-state index contributed by atoms with van der Waals surface area (Å²) in [6.07, 6.45) is 1.93. The first-order valence-electron chi connectivity index (χ1n) is 10.0. The van der Waals surface area contributed by atoms with Crippen molar-refractivity contribution < 1.29 is 29.3 Å². The predicted octanol–water partition coefficient (Wildman–Crippen LogP) is 2.32. The normalized spacial score (nSPS) is 14.4. The largest absolute Gasteiger partial charge is 0.494 e. The molecular weight excluding hydrogens is 376 g/mol. The lowest BCUT2D eigenvalue weighted by molar-refractivity contribution is -0.159. The maximum atomic E-state index is 12.5. The van der Waals surface area contributed by atoms with E-state index >= 15 is 0 Å². The first-order valence-corrected chi connectivity index (χ1v) is 10.0. The van der Waals surface area contributed by atoms with Gasteiger partial charge >= 0.3 is 11.9 Å². The van der Waals surface area contributed by atoms with Crippen molar-refractivity contribution in [1.82, 2.24) is 9.80 Å². The molecule has 1 saturated heterocycles. The molecule has 0 bridgehead atoms. The van der Waals surface area contributed by atoms with Gasteiger partial charge in [-0.2, -0.15) is 0 Å². The Bertz CT molecular complexity index is 655. The second-order valence-corrected chi connectivity index (χ2v) is 6.71. The summed E-state index contributed by atoms with van der Waals surface area (Å²) in [5.41, 5.74) is 1.24. The zero-order chi connectivity index (χ0) is 21.8. The maximum absolute atomic E-state index is 12.5. The molecular formula is C21H32N2O6.